The standard InChI is InChI=1S/C6H14O2S2/c1-3-8-5-6(10-9)4-7-2/h6,9H,3-5H2,1-2H3. The highest BCUT2D eigenvalue weighted by Gasteiger charge is 2.05. The molecule has 0 N–H and O–H groups in total. The molecular formula is C6H14O2S2. The van der Waals surface area contributed by atoms with Crippen LogP contribution in [0.5, 0.6) is 0 Å². The first-order chi connectivity index (χ1) is 4.85. The Bertz CT molecular complexity index is 70.8. The summed E-state index contributed by atoms with van der Waals surface area (Å²) in [6.07, 6.45) is 0. The summed E-state index contributed by atoms with van der Waals surface area (Å²) in [5, 5.41) is 0.355. The van der Waals surface area contributed by atoms with Crippen molar-refractivity contribution in [3.8, 4) is 0 Å². The van der Waals surface area contributed by atoms with E-state index < -0.39 is 0 Å². The summed E-state index contributed by atoms with van der Waals surface area (Å²) in [4.78, 5) is 0. The van der Waals surface area contributed by atoms with Crippen molar-refractivity contribution in [1.82, 2.24) is 0 Å². The molecular weight excluding hydrogens is 168 g/mol. The second kappa shape index (κ2) is 7.72. The average molecular weight is 182 g/mol. The lowest BCUT2D eigenvalue weighted by Crippen LogP contribution is -2.16. The predicted octanol–water partition coefficient (Wildman–Crippen LogP) is 1.62. The lowest BCUT2D eigenvalue weighted by atomic mass is 10.5. The Morgan fingerprint density at radius 1 is 1.50 bits per heavy atom. The molecule has 10 heavy (non-hydrogen) atoms. The minimum Gasteiger partial charge on any atom is -0.383 e. The van der Waals surface area contributed by atoms with Gasteiger partial charge in [0.2, 0.25) is 0 Å². The third-order valence-electron chi connectivity index (χ3n) is 1.01. The maximum Gasteiger partial charge on any atom is 0.0616 e. The van der Waals surface area contributed by atoms with Gasteiger partial charge in [0, 0.05) is 13.7 Å². The van der Waals surface area contributed by atoms with Crippen molar-refractivity contribution < 1.29 is 9.47 Å². The normalized spacial score (nSPS) is 13.5. The van der Waals surface area contributed by atoms with Crippen molar-refractivity contribution >= 4 is 22.5 Å². The van der Waals surface area contributed by atoms with E-state index in [4.69, 9.17) is 9.47 Å². The van der Waals surface area contributed by atoms with Crippen LogP contribution in [0.3, 0.4) is 0 Å². The van der Waals surface area contributed by atoms with E-state index in [0.29, 0.717) is 11.9 Å². The SMILES string of the molecule is CCOCC(COC)SS. The Morgan fingerprint density at radius 3 is 2.60 bits per heavy atom. The van der Waals surface area contributed by atoms with Crippen LogP contribution >= 0.6 is 22.5 Å². The molecule has 1 unspecified atom stereocenters. The molecule has 0 saturated carbocycles. The molecule has 0 bridgehead atoms. The number of thiol groups is 1. The Morgan fingerprint density at radius 2 is 2.20 bits per heavy atom. The first kappa shape index (κ1) is 10.6. The highest BCUT2D eigenvalue weighted by Crippen LogP contribution is 2.15. The second-order valence-electron chi connectivity index (χ2n) is 1.84. The van der Waals surface area contributed by atoms with E-state index >= 15 is 0 Å². The average Bonchev–Trinajstić information content (AvgIpc) is 1.98. The van der Waals surface area contributed by atoms with E-state index in [0.717, 1.165) is 13.2 Å². The van der Waals surface area contributed by atoms with Gasteiger partial charge in [-0.05, 0) is 6.92 Å². The third-order valence-corrected chi connectivity index (χ3v) is 2.47. The van der Waals surface area contributed by atoms with Gasteiger partial charge < -0.3 is 9.47 Å². The van der Waals surface area contributed by atoms with Gasteiger partial charge in [-0.15, -0.1) is 11.7 Å². The smallest absolute Gasteiger partial charge is 0.0616 e. The van der Waals surface area contributed by atoms with Gasteiger partial charge in [-0.3, -0.25) is 0 Å². The predicted molar refractivity (Wildman–Crippen MR) is 48.7 cm³/mol. The molecule has 0 aliphatic carbocycles. The van der Waals surface area contributed by atoms with Gasteiger partial charge in [0.05, 0.1) is 18.5 Å². The van der Waals surface area contributed by atoms with E-state index in [1.54, 1.807) is 7.11 Å². The van der Waals surface area contributed by atoms with Crippen LogP contribution in [-0.4, -0.2) is 32.2 Å². The summed E-state index contributed by atoms with van der Waals surface area (Å²) in [7, 11) is 3.16. The van der Waals surface area contributed by atoms with E-state index in [-0.39, 0.29) is 0 Å². The van der Waals surface area contributed by atoms with Crippen LogP contribution < -0.4 is 0 Å². The second-order valence-corrected chi connectivity index (χ2v) is 3.35. The summed E-state index contributed by atoms with van der Waals surface area (Å²) < 4.78 is 10.1. The summed E-state index contributed by atoms with van der Waals surface area (Å²) in [6.45, 7) is 4.16. The number of rotatable bonds is 6. The molecule has 4 heteroatoms. The Hall–Kier alpha value is 0.620. The van der Waals surface area contributed by atoms with Crippen molar-refractivity contribution in [1.29, 1.82) is 0 Å². The molecule has 1 atom stereocenters. The van der Waals surface area contributed by atoms with Gasteiger partial charge in [-0.25, -0.2) is 0 Å². The Kier molecular flexibility index (Phi) is 8.20. The van der Waals surface area contributed by atoms with E-state index in [2.05, 4.69) is 11.7 Å². The molecule has 0 aromatic carbocycles. The first-order valence-corrected chi connectivity index (χ1v) is 5.15. The molecule has 0 spiro atoms. The number of hydrogen-bond acceptors (Lipinski definition) is 4. The summed E-state index contributed by atoms with van der Waals surface area (Å²) in [6, 6.07) is 0. The molecule has 0 saturated heterocycles. The zero-order chi connectivity index (χ0) is 7.82. The van der Waals surface area contributed by atoms with Crippen molar-refractivity contribution in [2.24, 2.45) is 0 Å². The number of methoxy groups -OCH3 is 1. The van der Waals surface area contributed by atoms with Crippen LogP contribution in [0.1, 0.15) is 6.92 Å². The quantitative estimate of drug-likeness (QED) is 0.497. The van der Waals surface area contributed by atoms with E-state index in [1.807, 2.05) is 6.92 Å². The fraction of sp³-hybridized carbons (Fsp3) is 1.00. The van der Waals surface area contributed by atoms with Gasteiger partial charge in [0.1, 0.15) is 0 Å². The van der Waals surface area contributed by atoms with Crippen LogP contribution in [0.25, 0.3) is 0 Å². The fourth-order valence-electron chi connectivity index (χ4n) is 0.544. The summed E-state index contributed by atoms with van der Waals surface area (Å²) >= 11 is 4.08. The summed E-state index contributed by atoms with van der Waals surface area (Å²) in [5.74, 6) is 0. The number of ether oxygens (including phenoxy) is 2. The van der Waals surface area contributed by atoms with Crippen LogP contribution in [-0.2, 0) is 9.47 Å². The minimum absolute atomic E-state index is 0.355. The monoisotopic (exact) mass is 182 g/mol. The molecule has 0 amide bonds. The van der Waals surface area contributed by atoms with Crippen LogP contribution in [0.15, 0.2) is 0 Å². The molecule has 0 radical (unpaired) electrons. The van der Waals surface area contributed by atoms with Gasteiger partial charge in [0.15, 0.2) is 0 Å². The molecule has 62 valence electrons. The van der Waals surface area contributed by atoms with Crippen LogP contribution in [0, 0.1) is 0 Å². The zero-order valence-corrected chi connectivity index (χ0v) is 8.08. The molecule has 0 heterocycles. The fourth-order valence-corrected chi connectivity index (χ4v) is 1.26. The van der Waals surface area contributed by atoms with Crippen molar-refractivity contribution in [3.05, 3.63) is 0 Å². The van der Waals surface area contributed by atoms with Crippen molar-refractivity contribution in [2.75, 3.05) is 26.9 Å². The maximum atomic E-state index is 5.19. The first-order valence-electron chi connectivity index (χ1n) is 3.22. The van der Waals surface area contributed by atoms with Gasteiger partial charge in [0.25, 0.3) is 0 Å². The summed E-state index contributed by atoms with van der Waals surface area (Å²) in [5.41, 5.74) is 0. The molecule has 0 rings (SSSR count). The third kappa shape index (κ3) is 5.41. The van der Waals surface area contributed by atoms with E-state index in [9.17, 15) is 0 Å². The van der Waals surface area contributed by atoms with Crippen molar-refractivity contribution in [2.45, 2.75) is 12.2 Å². The van der Waals surface area contributed by atoms with Gasteiger partial charge >= 0.3 is 0 Å². The lowest BCUT2D eigenvalue weighted by molar-refractivity contribution is 0.117. The topological polar surface area (TPSA) is 18.5 Å². The van der Waals surface area contributed by atoms with Gasteiger partial charge in [-0.2, -0.15) is 0 Å². The highest BCUT2D eigenvalue weighted by molar-refractivity contribution is 8.68. The lowest BCUT2D eigenvalue weighted by Gasteiger charge is -2.11. The molecule has 0 aromatic heterocycles. The molecule has 2 nitrogen and oxygen atoms in total. The Balaban J connectivity index is 3.21. The minimum atomic E-state index is 0.355. The molecule has 0 aliphatic heterocycles. The van der Waals surface area contributed by atoms with E-state index in [1.165, 1.54) is 10.8 Å². The van der Waals surface area contributed by atoms with Crippen LogP contribution in [0.4, 0.5) is 0 Å². The molecule has 0 aromatic rings. The zero-order valence-electron chi connectivity index (χ0n) is 6.37. The Labute approximate surface area is 71.5 Å². The van der Waals surface area contributed by atoms with Crippen LogP contribution in [0.2, 0.25) is 0 Å². The van der Waals surface area contributed by atoms with Gasteiger partial charge in [-0.1, -0.05) is 10.8 Å². The molecule has 0 aliphatic rings. The number of hydrogen-bond donors (Lipinski definition) is 1. The largest absolute Gasteiger partial charge is 0.383 e. The maximum absolute atomic E-state index is 5.19. The highest BCUT2D eigenvalue weighted by atomic mass is 33.1. The van der Waals surface area contributed by atoms with Crippen molar-refractivity contribution in [3.63, 3.8) is 0 Å². The molecule has 0 fully saturated rings.